The normalized spacial score (nSPS) is 10.7. The smallest absolute Gasteiger partial charge is 0.267 e. The summed E-state index contributed by atoms with van der Waals surface area (Å²) in [6.45, 7) is 0.0597. The fourth-order valence-electron chi connectivity index (χ4n) is 2.65. The van der Waals surface area contributed by atoms with E-state index in [1.807, 2.05) is 0 Å². The van der Waals surface area contributed by atoms with Gasteiger partial charge in [0.2, 0.25) is 5.91 Å². The van der Waals surface area contributed by atoms with Crippen molar-refractivity contribution in [1.29, 1.82) is 0 Å². The van der Waals surface area contributed by atoms with Crippen LogP contribution in [0.15, 0.2) is 59.4 Å². The first kappa shape index (κ1) is 20.0. The van der Waals surface area contributed by atoms with Crippen LogP contribution in [0.1, 0.15) is 5.56 Å². The molecule has 8 heteroatoms. The molecule has 5 nitrogen and oxygen atoms in total. The lowest BCUT2D eigenvalue weighted by Gasteiger charge is -2.18. The van der Waals surface area contributed by atoms with Crippen molar-refractivity contribution >= 4 is 29.1 Å². The van der Waals surface area contributed by atoms with Crippen LogP contribution >= 0.6 is 23.2 Å². The van der Waals surface area contributed by atoms with Crippen LogP contribution in [0.4, 0.5) is 4.39 Å². The predicted octanol–water partition coefficient (Wildman–Crippen LogP) is 4.01. The number of carbonyl (C=O) groups is 1. The van der Waals surface area contributed by atoms with Gasteiger partial charge in [0.1, 0.15) is 12.4 Å². The Labute approximate surface area is 170 Å². The average Bonchev–Trinajstić information content (AvgIpc) is 2.63. The van der Waals surface area contributed by atoms with E-state index in [1.165, 1.54) is 29.2 Å². The predicted molar refractivity (Wildman–Crippen MR) is 107 cm³/mol. The van der Waals surface area contributed by atoms with Crippen molar-refractivity contribution in [2.45, 2.75) is 13.1 Å². The Morgan fingerprint density at radius 2 is 1.71 bits per heavy atom. The Hall–Kier alpha value is -2.70. The van der Waals surface area contributed by atoms with Gasteiger partial charge >= 0.3 is 0 Å². The first-order valence-electron chi connectivity index (χ1n) is 8.35. The Morgan fingerprint density at radius 3 is 2.36 bits per heavy atom. The number of rotatable bonds is 5. The summed E-state index contributed by atoms with van der Waals surface area (Å²) in [5.41, 5.74) is 1.48. The van der Waals surface area contributed by atoms with Crippen molar-refractivity contribution in [3.63, 3.8) is 0 Å². The van der Waals surface area contributed by atoms with Gasteiger partial charge in [-0.3, -0.25) is 9.59 Å². The number of likely N-dealkylation sites (N-methyl/N-ethyl adjacent to an activating group) is 1. The molecule has 2 aromatic carbocycles. The van der Waals surface area contributed by atoms with Crippen molar-refractivity contribution in [2.75, 3.05) is 7.05 Å². The van der Waals surface area contributed by atoms with Crippen molar-refractivity contribution in [3.8, 4) is 11.3 Å². The molecular formula is C20H16Cl2FN3O2. The Morgan fingerprint density at radius 1 is 1.07 bits per heavy atom. The Bertz CT molecular complexity index is 1050. The number of aromatic nitrogens is 2. The fraction of sp³-hybridized carbons (Fsp3) is 0.150. The highest BCUT2D eigenvalue weighted by Gasteiger charge is 2.13. The highest BCUT2D eigenvalue weighted by atomic mass is 35.5. The number of carbonyl (C=O) groups excluding carboxylic acids is 1. The second-order valence-electron chi connectivity index (χ2n) is 6.25. The van der Waals surface area contributed by atoms with Crippen LogP contribution in [0.3, 0.4) is 0 Å². The average molecular weight is 420 g/mol. The lowest BCUT2D eigenvalue weighted by atomic mass is 10.1. The maximum Gasteiger partial charge on any atom is 0.267 e. The molecule has 0 radical (unpaired) electrons. The second kappa shape index (κ2) is 8.54. The van der Waals surface area contributed by atoms with Crippen LogP contribution < -0.4 is 5.56 Å². The second-order valence-corrected chi connectivity index (χ2v) is 7.12. The van der Waals surface area contributed by atoms with Gasteiger partial charge in [0.25, 0.3) is 5.56 Å². The zero-order chi connectivity index (χ0) is 20.3. The molecule has 0 bridgehead atoms. The van der Waals surface area contributed by atoms with E-state index in [-0.39, 0.29) is 24.8 Å². The number of halogens is 3. The van der Waals surface area contributed by atoms with Gasteiger partial charge in [-0.1, -0.05) is 23.2 Å². The van der Waals surface area contributed by atoms with Crippen LogP contribution in [0.2, 0.25) is 10.0 Å². The molecular weight excluding hydrogens is 404 g/mol. The van der Waals surface area contributed by atoms with Crippen LogP contribution in [0, 0.1) is 5.82 Å². The molecule has 0 saturated heterocycles. The van der Waals surface area contributed by atoms with Gasteiger partial charge in [-0.05, 0) is 54.1 Å². The summed E-state index contributed by atoms with van der Waals surface area (Å²) >= 11 is 12.0. The minimum absolute atomic E-state index is 0.224. The van der Waals surface area contributed by atoms with Crippen LogP contribution in [0.5, 0.6) is 0 Å². The molecule has 0 N–H and O–H groups in total. The zero-order valence-corrected chi connectivity index (χ0v) is 16.4. The van der Waals surface area contributed by atoms with Crippen LogP contribution in [-0.2, 0) is 17.9 Å². The topological polar surface area (TPSA) is 55.2 Å². The molecule has 0 fully saturated rings. The highest BCUT2D eigenvalue weighted by molar-refractivity contribution is 6.34. The van der Waals surface area contributed by atoms with Crippen molar-refractivity contribution in [3.05, 3.63) is 86.4 Å². The molecule has 0 aliphatic rings. The molecule has 3 aromatic rings. The maximum absolute atomic E-state index is 13.1. The van der Waals surface area contributed by atoms with E-state index < -0.39 is 5.56 Å². The molecule has 1 amide bonds. The van der Waals surface area contributed by atoms with E-state index >= 15 is 0 Å². The summed E-state index contributed by atoms with van der Waals surface area (Å²) in [6, 6.07) is 13.6. The first-order valence-corrected chi connectivity index (χ1v) is 9.10. The first-order chi connectivity index (χ1) is 13.3. The van der Waals surface area contributed by atoms with Gasteiger partial charge in [-0.15, -0.1) is 0 Å². The largest absolute Gasteiger partial charge is 0.340 e. The lowest BCUT2D eigenvalue weighted by molar-refractivity contribution is -0.131. The molecule has 144 valence electrons. The molecule has 28 heavy (non-hydrogen) atoms. The lowest BCUT2D eigenvalue weighted by Crippen LogP contribution is -2.34. The SMILES string of the molecule is CN(Cc1cc(Cl)cc(Cl)c1)C(=O)Cn1nc(-c2ccc(F)cc2)ccc1=O. The number of benzene rings is 2. The molecule has 3 rings (SSSR count). The molecule has 0 atom stereocenters. The third-order valence-corrected chi connectivity index (χ3v) is 4.50. The van der Waals surface area contributed by atoms with E-state index in [4.69, 9.17) is 23.2 Å². The van der Waals surface area contributed by atoms with E-state index in [9.17, 15) is 14.0 Å². The van der Waals surface area contributed by atoms with Crippen LogP contribution in [-0.4, -0.2) is 27.6 Å². The quantitative estimate of drug-likeness (QED) is 0.627. The third kappa shape index (κ3) is 4.97. The van der Waals surface area contributed by atoms with Gasteiger partial charge in [-0.2, -0.15) is 5.10 Å². The monoisotopic (exact) mass is 419 g/mol. The summed E-state index contributed by atoms with van der Waals surface area (Å²) < 4.78 is 14.2. The maximum atomic E-state index is 13.1. The van der Waals surface area contributed by atoms with Crippen molar-refractivity contribution in [2.24, 2.45) is 0 Å². The Balaban J connectivity index is 1.76. The number of amides is 1. The summed E-state index contributed by atoms with van der Waals surface area (Å²) in [5, 5.41) is 5.18. The molecule has 0 unspecified atom stereocenters. The third-order valence-electron chi connectivity index (χ3n) is 4.06. The molecule has 0 aliphatic carbocycles. The Kier molecular flexibility index (Phi) is 6.11. The summed E-state index contributed by atoms with van der Waals surface area (Å²) in [6.07, 6.45) is 0. The molecule has 0 spiro atoms. The molecule has 0 aliphatic heterocycles. The van der Waals surface area contributed by atoms with Crippen molar-refractivity contribution in [1.82, 2.24) is 14.7 Å². The minimum atomic E-state index is -0.404. The van der Waals surface area contributed by atoms with E-state index in [2.05, 4.69) is 5.10 Å². The van der Waals surface area contributed by atoms with E-state index in [0.717, 1.165) is 10.2 Å². The molecule has 1 aromatic heterocycles. The molecule has 1 heterocycles. The number of hydrogen-bond acceptors (Lipinski definition) is 3. The van der Waals surface area contributed by atoms with Crippen molar-refractivity contribution < 1.29 is 9.18 Å². The number of nitrogens with zero attached hydrogens (tertiary/aromatic N) is 3. The minimum Gasteiger partial charge on any atom is -0.340 e. The van der Waals surface area contributed by atoms with E-state index in [1.54, 1.807) is 37.4 Å². The molecule has 0 saturated carbocycles. The van der Waals surface area contributed by atoms with Gasteiger partial charge in [0.05, 0.1) is 5.69 Å². The summed E-state index contributed by atoms with van der Waals surface area (Å²) in [5.74, 6) is -0.669. The summed E-state index contributed by atoms with van der Waals surface area (Å²) in [4.78, 5) is 26.1. The number of hydrogen-bond donors (Lipinski definition) is 0. The van der Waals surface area contributed by atoms with Gasteiger partial charge < -0.3 is 4.90 Å². The van der Waals surface area contributed by atoms with Gasteiger partial charge in [0.15, 0.2) is 0 Å². The van der Waals surface area contributed by atoms with E-state index in [0.29, 0.717) is 21.3 Å². The standard InChI is InChI=1S/C20H16Cl2FN3O2/c1-25(11-13-8-15(21)10-16(22)9-13)20(28)12-26-19(27)7-6-18(24-26)14-2-4-17(23)5-3-14/h2-10H,11-12H2,1H3. The van der Waals surface area contributed by atoms with Crippen LogP contribution in [0.25, 0.3) is 11.3 Å². The van der Waals surface area contributed by atoms with Gasteiger partial charge in [-0.25, -0.2) is 9.07 Å². The zero-order valence-electron chi connectivity index (χ0n) is 14.9. The summed E-state index contributed by atoms with van der Waals surface area (Å²) in [7, 11) is 1.62. The fourth-order valence-corrected chi connectivity index (χ4v) is 3.22. The van der Waals surface area contributed by atoms with Gasteiger partial charge in [0, 0.05) is 35.3 Å². The highest BCUT2D eigenvalue weighted by Crippen LogP contribution is 2.20.